The predicted octanol–water partition coefficient (Wildman–Crippen LogP) is 2.31. The maximum Gasteiger partial charge on any atom is 0.319 e. The van der Waals surface area contributed by atoms with E-state index in [0.717, 1.165) is 24.7 Å². The number of unbranched alkanes of at least 4 members (excludes halogenated alkanes) is 1. The topological polar surface area (TPSA) is 66.9 Å². The minimum atomic E-state index is -3.52. The Morgan fingerprint density at radius 3 is 2.23 bits per heavy atom. The van der Waals surface area contributed by atoms with Gasteiger partial charge in [-0.25, -0.2) is 4.79 Å². The molecule has 0 aromatic heterocycles. The third-order valence-corrected chi connectivity index (χ3v) is 3.47. The minimum Gasteiger partial charge on any atom is -0.383 e. The third kappa shape index (κ3) is 6.34. The van der Waals surface area contributed by atoms with Crippen LogP contribution in [0.5, 0.6) is 5.75 Å². The standard InChI is InChI=1S/C15H24N2O4S/c1-5-6-11-17(15(18)16(2)3)12-13-7-9-14(10-8-13)21-22(4,19)20/h7-10H,5-6,11-12H2,1-4H3. The number of carbonyl (C=O) groups excluding carboxylic acids is 1. The largest absolute Gasteiger partial charge is 0.383 e. The monoisotopic (exact) mass is 328 g/mol. The highest BCUT2D eigenvalue weighted by molar-refractivity contribution is 7.86. The van der Waals surface area contributed by atoms with E-state index in [-0.39, 0.29) is 11.8 Å². The molecule has 0 fully saturated rings. The van der Waals surface area contributed by atoms with E-state index in [1.807, 2.05) is 0 Å². The van der Waals surface area contributed by atoms with Gasteiger partial charge in [-0.1, -0.05) is 25.5 Å². The molecule has 2 amide bonds. The van der Waals surface area contributed by atoms with Gasteiger partial charge in [-0.05, 0) is 24.1 Å². The van der Waals surface area contributed by atoms with Crippen LogP contribution in [-0.2, 0) is 16.7 Å². The van der Waals surface area contributed by atoms with Gasteiger partial charge in [0.25, 0.3) is 0 Å². The molecule has 124 valence electrons. The van der Waals surface area contributed by atoms with Gasteiger partial charge in [0, 0.05) is 27.2 Å². The van der Waals surface area contributed by atoms with E-state index >= 15 is 0 Å². The van der Waals surface area contributed by atoms with E-state index in [0.29, 0.717) is 13.1 Å². The number of amides is 2. The van der Waals surface area contributed by atoms with E-state index in [9.17, 15) is 13.2 Å². The molecule has 0 N–H and O–H groups in total. The summed E-state index contributed by atoms with van der Waals surface area (Å²) in [6.07, 6.45) is 2.95. The number of hydrogen-bond donors (Lipinski definition) is 0. The Hall–Kier alpha value is -1.76. The lowest BCUT2D eigenvalue weighted by Crippen LogP contribution is -2.39. The highest BCUT2D eigenvalue weighted by atomic mass is 32.2. The molecule has 6 nitrogen and oxygen atoms in total. The Labute approximate surface area is 132 Å². The summed E-state index contributed by atoms with van der Waals surface area (Å²) in [5.41, 5.74) is 0.923. The quantitative estimate of drug-likeness (QED) is 0.720. The molecule has 1 aromatic rings. The van der Waals surface area contributed by atoms with Crippen LogP contribution in [-0.4, -0.2) is 51.1 Å². The van der Waals surface area contributed by atoms with Gasteiger partial charge in [0.2, 0.25) is 0 Å². The van der Waals surface area contributed by atoms with Gasteiger partial charge >= 0.3 is 16.1 Å². The normalized spacial score (nSPS) is 11.1. The molecule has 0 radical (unpaired) electrons. The number of urea groups is 1. The van der Waals surface area contributed by atoms with Gasteiger partial charge in [-0.2, -0.15) is 8.42 Å². The SMILES string of the molecule is CCCCN(Cc1ccc(OS(C)(=O)=O)cc1)C(=O)N(C)C. The fourth-order valence-corrected chi connectivity index (χ4v) is 2.38. The number of carbonyl (C=O) groups is 1. The van der Waals surface area contributed by atoms with Gasteiger partial charge in [0.1, 0.15) is 5.75 Å². The summed E-state index contributed by atoms with van der Waals surface area (Å²) in [6, 6.07) is 6.68. The Morgan fingerprint density at radius 2 is 1.77 bits per heavy atom. The predicted molar refractivity (Wildman–Crippen MR) is 86.3 cm³/mol. The maximum atomic E-state index is 12.2. The summed E-state index contributed by atoms with van der Waals surface area (Å²) in [7, 11) is -0.0679. The van der Waals surface area contributed by atoms with Crippen LogP contribution in [0.2, 0.25) is 0 Å². The molecule has 1 aromatic carbocycles. The second-order valence-electron chi connectivity index (χ2n) is 5.38. The van der Waals surface area contributed by atoms with E-state index in [1.54, 1.807) is 48.2 Å². The lowest BCUT2D eigenvalue weighted by atomic mass is 10.2. The lowest BCUT2D eigenvalue weighted by molar-refractivity contribution is 0.167. The Morgan fingerprint density at radius 1 is 1.18 bits per heavy atom. The first-order chi connectivity index (χ1) is 10.2. The smallest absolute Gasteiger partial charge is 0.319 e. The van der Waals surface area contributed by atoms with Crippen LogP contribution in [0.1, 0.15) is 25.3 Å². The fraction of sp³-hybridized carbons (Fsp3) is 0.533. The molecule has 0 bridgehead atoms. The van der Waals surface area contributed by atoms with E-state index in [4.69, 9.17) is 4.18 Å². The van der Waals surface area contributed by atoms with Gasteiger partial charge < -0.3 is 14.0 Å². The first-order valence-electron chi connectivity index (χ1n) is 7.17. The van der Waals surface area contributed by atoms with Crippen LogP contribution < -0.4 is 4.18 Å². The van der Waals surface area contributed by atoms with Crippen LogP contribution in [0.25, 0.3) is 0 Å². The molecular weight excluding hydrogens is 304 g/mol. The zero-order valence-corrected chi connectivity index (χ0v) is 14.4. The number of hydrogen-bond acceptors (Lipinski definition) is 4. The number of nitrogens with zero attached hydrogens (tertiary/aromatic N) is 2. The van der Waals surface area contributed by atoms with Gasteiger partial charge in [0.15, 0.2) is 0 Å². The molecule has 0 aliphatic rings. The molecule has 22 heavy (non-hydrogen) atoms. The Kier molecular flexibility index (Phi) is 6.67. The Balaban J connectivity index is 2.78. The first kappa shape index (κ1) is 18.3. The Bertz CT molecular complexity index is 582. The van der Waals surface area contributed by atoms with E-state index in [2.05, 4.69) is 6.92 Å². The summed E-state index contributed by atoms with van der Waals surface area (Å²) in [5.74, 6) is 0.269. The van der Waals surface area contributed by atoms with Crippen molar-refractivity contribution in [2.24, 2.45) is 0 Å². The zero-order chi connectivity index (χ0) is 16.8. The van der Waals surface area contributed by atoms with Crippen LogP contribution >= 0.6 is 0 Å². The van der Waals surface area contributed by atoms with E-state index in [1.165, 1.54) is 0 Å². The second kappa shape index (κ2) is 8.03. The van der Waals surface area contributed by atoms with Crippen LogP contribution in [0.3, 0.4) is 0 Å². The molecule has 0 saturated carbocycles. The van der Waals surface area contributed by atoms with Crippen molar-refractivity contribution >= 4 is 16.1 Å². The molecule has 0 atom stereocenters. The van der Waals surface area contributed by atoms with Crippen molar-refractivity contribution < 1.29 is 17.4 Å². The molecule has 0 heterocycles. The van der Waals surface area contributed by atoms with Crippen LogP contribution in [0.4, 0.5) is 4.79 Å². The minimum absolute atomic E-state index is 0.0371. The van der Waals surface area contributed by atoms with Gasteiger partial charge in [0.05, 0.1) is 6.26 Å². The first-order valence-corrected chi connectivity index (χ1v) is 8.99. The van der Waals surface area contributed by atoms with Gasteiger partial charge in [-0.3, -0.25) is 0 Å². The zero-order valence-electron chi connectivity index (χ0n) is 13.6. The van der Waals surface area contributed by atoms with Gasteiger partial charge in [-0.15, -0.1) is 0 Å². The molecule has 0 saturated heterocycles. The van der Waals surface area contributed by atoms with Crippen molar-refractivity contribution in [3.63, 3.8) is 0 Å². The molecule has 0 aliphatic heterocycles. The van der Waals surface area contributed by atoms with Crippen LogP contribution in [0.15, 0.2) is 24.3 Å². The van der Waals surface area contributed by atoms with Crippen molar-refractivity contribution in [2.75, 3.05) is 26.9 Å². The summed E-state index contributed by atoms with van der Waals surface area (Å²) in [4.78, 5) is 15.5. The molecule has 1 rings (SSSR count). The summed E-state index contributed by atoms with van der Waals surface area (Å²) < 4.78 is 26.9. The summed E-state index contributed by atoms with van der Waals surface area (Å²) in [6.45, 7) is 3.25. The van der Waals surface area contributed by atoms with E-state index < -0.39 is 10.1 Å². The molecular formula is C15H24N2O4S. The maximum absolute atomic E-state index is 12.2. The van der Waals surface area contributed by atoms with Crippen molar-refractivity contribution in [1.29, 1.82) is 0 Å². The second-order valence-corrected chi connectivity index (χ2v) is 6.96. The number of benzene rings is 1. The molecule has 0 spiro atoms. The molecule has 0 aliphatic carbocycles. The van der Waals surface area contributed by atoms with Crippen molar-refractivity contribution in [3.8, 4) is 5.75 Å². The van der Waals surface area contributed by atoms with Crippen molar-refractivity contribution in [2.45, 2.75) is 26.3 Å². The number of rotatable bonds is 7. The summed E-state index contributed by atoms with van der Waals surface area (Å²) >= 11 is 0. The third-order valence-electron chi connectivity index (χ3n) is 2.98. The molecule has 0 unspecified atom stereocenters. The highest BCUT2D eigenvalue weighted by Gasteiger charge is 2.15. The average Bonchev–Trinajstić information content (AvgIpc) is 2.42. The summed E-state index contributed by atoms with van der Waals surface area (Å²) in [5, 5.41) is 0. The fourth-order valence-electron chi connectivity index (χ4n) is 1.92. The lowest BCUT2D eigenvalue weighted by Gasteiger charge is -2.26. The average molecular weight is 328 g/mol. The van der Waals surface area contributed by atoms with Crippen LogP contribution in [0, 0.1) is 0 Å². The van der Waals surface area contributed by atoms with Crippen molar-refractivity contribution in [3.05, 3.63) is 29.8 Å². The van der Waals surface area contributed by atoms with Crippen molar-refractivity contribution in [1.82, 2.24) is 9.80 Å². The molecule has 7 heteroatoms. The highest BCUT2D eigenvalue weighted by Crippen LogP contribution is 2.16.